The lowest BCUT2D eigenvalue weighted by Crippen LogP contribution is -2.11. The molecule has 1 N–H and O–H groups in total. The molecule has 0 unspecified atom stereocenters. The first-order valence-electron chi connectivity index (χ1n) is 7.49. The molecule has 0 spiro atoms. The summed E-state index contributed by atoms with van der Waals surface area (Å²) >= 11 is 6.03. The Labute approximate surface area is 143 Å². The Bertz CT molecular complexity index is 929. The van der Waals surface area contributed by atoms with E-state index < -0.39 is 5.97 Å². The van der Waals surface area contributed by atoms with E-state index in [0.717, 1.165) is 5.56 Å². The average molecular weight is 343 g/mol. The number of nitrogens with one attached hydrogen (secondary N) is 1. The summed E-state index contributed by atoms with van der Waals surface area (Å²) in [6.45, 7) is 3.58. The first kappa shape index (κ1) is 16.2. The number of benzene rings is 1. The Morgan fingerprint density at radius 2 is 2.04 bits per heavy atom. The lowest BCUT2D eigenvalue weighted by molar-refractivity contribution is -0.133. The van der Waals surface area contributed by atoms with Crippen molar-refractivity contribution in [1.82, 2.24) is 9.97 Å². The van der Waals surface area contributed by atoms with E-state index in [0.29, 0.717) is 15.9 Å². The van der Waals surface area contributed by atoms with Gasteiger partial charge < -0.3 is 9.72 Å². The van der Waals surface area contributed by atoms with E-state index in [1.165, 1.54) is 0 Å². The summed E-state index contributed by atoms with van der Waals surface area (Å²) in [5, 5.41) is 1.07. The number of hydrogen-bond acceptors (Lipinski definition) is 4. The van der Waals surface area contributed by atoms with Crippen molar-refractivity contribution in [3.8, 4) is 5.75 Å². The van der Waals surface area contributed by atoms with Crippen LogP contribution in [0, 0.1) is 6.92 Å². The van der Waals surface area contributed by atoms with Crippen LogP contribution < -0.4 is 4.74 Å². The van der Waals surface area contributed by atoms with Crippen molar-refractivity contribution < 1.29 is 14.3 Å². The van der Waals surface area contributed by atoms with Gasteiger partial charge in [-0.2, -0.15) is 0 Å². The summed E-state index contributed by atoms with van der Waals surface area (Å²) in [6.07, 6.45) is 1.81. The Kier molecular flexibility index (Phi) is 4.36. The molecule has 6 heteroatoms. The van der Waals surface area contributed by atoms with Crippen molar-refractivity contribution in [2.75, 3.05) is 0 Å². The van der Waals surface area contributed by atoms with E-state index in [1.807, 2.05) is 6.92 Å². The van der Waals surface area contributed by atoms with E-state index in [4.69, 9.17) is 16.3 Å². The molecule has 1 aromatic carbocycles. The third-order valence-corrected chi connectivity index (χ3v) is 3.82. The molecule has 0 fully saturated rings. The number of esters is 1. The lowest BCUT2D eigenvalue weighted by atomic mass is 10.1. The molecule has 3 rings (SSSR count). The molecular formula is C18H15ClN2O3. The monoisotopic (exact) mass is 342 g/mol. The molecule has 0 saturated heterocycles. The highest BCUT2D eigenvalue weighted by Gasteiger charge is 2.23. The highest BCUT2D eigenvalue weighted by Crippen LogP contribution is 2.33. The third kappa shape index (κ3) is 3.03. The molecule has 0 radical (unpaired) electrons. The van der Waals surface area contributed by atoms with E-state index in [1.54, 1.807) is 43.5 Å². The number of aromatic nitrogens is 2. The Morgan fingerprint density at radius 3 is 2.71 bits per heavy atom. The Morgan fingerprint density at radius 1 is 1.25 bits per heavy atom. The van der Waals surface area contributed by atoms with Crippen molar-refractivity contribution in [3.05, 3.63) is 58.5 Å². The van der Waals surface area contributed by atoms with Gasteiger partial charge in [0.15, 0.2) is 5.75 Å². The fraction of sp³-hybridized carbons (Fsp3) is 0.167. The number of pyridine rings is 1. The van der Waals surface area contributed by atoms with Gasteiger partial charge in [-0.1, -0.05) is 24.6 Å². The number of carbonyl (C=O) groups is 2. The highest BCUT2D eigenvalue weighted by atomic mass is 35.5. The number of halogens is 1. The Balaban J connectivity index is 2.15. The quantitative estimate of drug-likeness (QED) is 0.573. The van der Waals surface area contributed by atoms with Gasteiger partial charge in [-0.15, -0.1) is 0 Å². The van der Waals surface area contributed by atoms with Crippen molar-refractivity contribution in [2.45, 2.75) is 20.3 Å². The molecule has 0 bridgehead atoms. The second-order valence-electron chi connectivity index (χ2n) is 5.40. The van der Waals surface area contributed by atoms with Crippen LogP contribution in [0.5, 0.6) is 5.75 Å². The SMILES string of the molecule is CCC(=O)Oc1c(C(=O)c2ccc(C)cn2)[nH]c2ccc(Cl)cc12. The number of aryl methyl sites for hydroxylation is 1. The minimum Gasteiger partial charge on any atom is -0.423 e. The molecule has 0 aliphatic carbocycles. The molecule has 2 heterocycles. The molecule has 0 amide bonds. The van der Waals surface area contributed by atoms with Gasteiger partial charge in [0.1, 0.15) is 11.4 Å². The molecule has 24 heavy (non-hydrogen) atoms. The largest absolute Gasteiger partial charge is 0.423 e. The fourth-order valence-corrected chi connectivity index (χ4v) is 2.49. The van der Waals surface area contributed by atoms with Gasteiger partial charge in [-0.05, 0) is 36.8 Å². The van der Waals surface area contributed by atoms with Crippen LogP contribution in [0.15, 0.2) is 36.5 Å². The van der Waals surface area contributed by atoms with Gasteiger partial charge in [0, 0.05) is 28.5 Å². The topological polar surface area (TPSA) is 72.1 Å². The third-order valence-electron chi connectivity index (χ3n) is 3.59. The maximum Gasteiger partial charge on any atom is 0.310 e. The number of ketones is 1. The maximum absolute atomic E-state index is 12.8. The number of nitrogens with zero attached hydrogens (tertiary/aromatic N) is 1. The van der Waals surface area contributed by atoms with Crippen LogP contribution >= 0.6 is 11.6 Å². The van der Waals surface area contributed by atoms with Crippen LogP contribution in [0.2, 0.25) is 5.02 Å². The number of aromatic amines is 1. The summed E-state index contributed by atoms with van der Waals surface area (Å²) in [5.74, 6) is -0.588. The van der Waals surface area contributed by atoms with Gasteiger partial charge in [0.25, 0.3) is 0 Å². The van der Waals surface area contributed by atoms with Gasteiger partial charge in [0.05, 0.1) is 0 Å². The number of fused-ring (bicyclic) bond motifs is 1. The van der Waals surface area contributed by atoms with E-state index >= 15 is 0 Å². The van der Waals surface area contributed by atoms with Crippen LogP contribution in [-0.2, 0) is 4.79 Å². The van der Waals surface area contributed by atoms with Crippen molar-refractivity contribution in [3.63, 3.8) is 0 Å². The smallest absolute Gasteiger partial charge is 0.310 e. The average Bonchev–Trinajstić information content (AvgIpc) is 2.92. The minimum atomic E-state index is -0.429. The summed E-state index contributed by atoms with van der Waals surface area (Å²) in [5.41, 5.74) is 2.07. The molecule has 5 nitrogen and oxygen atoms in total. The van der Waals surface area contributed by atoms with Gasteiger partial charge in [-0.3, -0.25) is 14.6 Å². The first-order chi connectivity index (χ1) is 11.5. The fourth-order valence-electron chi connectivity index (χ4n) is 2.32. The van der Waals surface area contributed by atoms with E-state index in [-0.39, 0.29) is 29.3 Å². The Hall–Kier alpha value is -2.66. The molecule has 2 aromatic heterocycles. The van der Waals surface area contributed by atoms with E-state index in [2.05, 4.69) is 9.97 Å². The number of H-pyrrole nitrogens is 1. The molecule has 0 aliphatic heterocycles. The first-order valence-corrected chi connectivity index (χ1v) is 7.86. The maximum atomic E-state index is 12.8. The number of hydrogen-bond donors (Lipinski definition) is 1. The number of rotatable bonds is 4. The molecule has 122 valence electrons. The standard InChI is InChI=1S/C18H15ClN2O3/c1-3-15(22)24-18-12-8-11(19)5-7-13(12)21-16(18)17(23)14-6-4-10(2)9-20-14/h4-9,21H,3H2,1-2H3. The highest BCUT2D eigenvalue weighted by molar-refractivity contribution is 6.31. The van der Waals surface area contributed by atoms with Crippen LogP contribution in [0.1, 0.15) is 35.1 Å². The number of carbonyl (C=O) groups excluding carboxylic acids is 2. The zero-order valence-corrected chi connectivity index (χ0v) is 14.0. The molecule has 3 aromatic rings. The summed E-state index contributed by atoms with van der Waals surface area (Å²) in [6, 6.07) is 8.54. The zero-order valence-electron chi connectivity index (χ0n) is 13.2. The second kappa shape index (κ2) is 6.45. The zero-order chi connectivity index (χ0) is 17.3. The van der Waals surface area contributed by atoms with Gasteiger partial charge in [-0.25, -0.2) is 0 Å². The lowest BCUT2D eigenvalue weighted by Gasteiger charge is -2.05. The van der Waals surface area contributed by atoms with Crippen molar-refractivity contribution >= 4 is 34.3 Å². The minimum absolute atomic E-state index is 0.186. The van der Waals surface area contributed by atoms with Crippen molar-refractivity contribution in [1.29, 1.82) is 0 Å². The molecule has 0 saturated carbocycles. The van der Waals surface area contributed by atoms with Crippen LogP contribution in [0.4, 0.5) is 0 Å². The van der Waals surface area contributed by atoms with E-state index in [9.17, 15) is 9.59 Å². The van der Waals surface area contributed by atoms with Crippen LogP contribution in [0.25, 0.3) is 10.9 Å². The van der Waals surface area contributed by atoms with Crippen molar-refractivity contribution in [2.24, 2.45) is 0 Å². The normalized spacial score (nSPS) is 10.8. The molecular weight excluding hydrogens is 328 g/mol. The molecule has 0 atom stereocenters. The van der Waals surface area contributed by atoms with Crippen LogP contribution in [-0.4, -0.2) is 21.7 Å². The predicted molar refractivity (Wildman–Crippen MR) is 91.6 cm³/mol. The van der Waals surface area contributed by atoms with Gasteiger partial charge in [0.2, 0.25) is 5.78 Å². The van der Waals surface area contributed by atoms with Gasteiger partial charge >= 0.3 is 5.97 Å². The predicted octanol–water partition coefficient (Wildman–Crippen LogP) is 4.07. The number of ether oxygens (including phenoxy) is 1. The summed E-state index contributed by atoms with van der Waals surface area (Å²) in [4.78, 5) is 31.7. The molecule has 0 aliphatic rings. The summed E-state index contributed by atoms with van der Waals surface area (Å²) < 4.78 is 5.39. The summed E-state index contributed by atoms with van der Waals surface area (Å²) in [7, 11) is 0. The van der Waals surface area contributed by atoms with Crippen LogP contribution in [0.3, 0.4) is 0 Å². The second-order valence-corrected chi connectivity index (χ2v) is 5.83.